The molecule has 1 unspecified atom stereocenters. The molecule has 0 amide bonds. The fourth-order valence-corrected chi connectivity index (χ4v) is 2.99. The van der Waals surface area contributed by atoms with Crippen molar-refractivity contribution < 1.29 is 0 Å². The molecule has 1 saturated heterocycles. The number of piperidine rings is 1. The van der Waals surface area contributed by atoms with E-state index in [0.29, 0.717) is 16.8 Å². The van der Waals surface area contributed by atoms with E-state index < -0.39 is 0 Å². The third-order valence-corrected chi connectivity index (χ3v) is 4.22. The molecule has 0 radical (unpaired) electrons. The lowest BCUT2D eigenvalue weighted by Crippen LogP contribution is -2.37. The first-order chi connectivity index (χ1) is 11.1. The highest BCUT2D eigenvalue weighted by atomic mass is 35.5. The van der Waals surface area contributed by atoms with Gasteiger partial charge in [-0.15, -0.1) is 0 Å². The Labute approximate surface area is 141 Å². The van der Waals surface area contributed by atoms with Crippen molar-refractivity contribution in [3.8, 4) is 18.2 Å². The predicted molar refractivity (Wildman–Crippen MR) is 89.6 cm³/mol. The van der Waals surface area contributed by atoms with Crippen LogP contribution in [0.2, 0.25) is 5.02 Å². The topological polar surface area (TPSA) is 86.6 Å². The molecular formula is C17H16ClN5. The molecule has 0 aromatic heterocycles. The lowest BCUT2D eigenvalue weighted by molar-refractivity contribution is 0.485. The van der Waals surface area contributed by atoms with E-state index in [2.05, 4.69) is 17.1 Å². The van der Waals surface area contributed by atoms with Gasteiger partial charge >= 0.3 is 0 Å². The normalized spacial score (nSPS) is 16.7. The van der Waals surface area contributed by atoms with Crippen LogP contribution in [0.1, 0.15) is 26.2 Å². The number of nitriles is 3. The molecule has 0 saturated carbocycles. The lowest BCUT2D eigenvalue weighted by atomic mass is 10.0. The van der Waals surface area contributed by atoms with E-state index in [-0.39, 0.29) is 11.3 Å². The fraction of sp³-hybridized carbons (Fsp3) is 0.353. The zero-order valence-corrected chi connectivity index (χ0v) is 13.6. The summed E-state index contributed by atoms with van der Waals surface area (Å²) in [6.45, 7) is 3.16. The van der Waals surface area contributed by atoms with Crippen LogP contribution >= 0.6 is 11.6 Å². The Balaban J connectivity index is 2.27. The van der Waals surface area contributed by atoms with Crippen molar-refractivity contribution in [2.75, 3.05) is 16.8 Å². The highest BCUT2D eigenvalue weighted by molar-refractivity contribution is 6.33. The molecule has 0 spiro atoms. The minimum absolute atomic E-state index is 0.0786. The van der Waals surface area contributed by atoms with Gasteiger partial charge in [0, 0.05) is 18.3 Å². The van der Waals surface area contributed by atoms with Crippen molar-refractivity contribution >= 4 is 23.0 Å². The summed E-state index contributed by atoms with van der Waals surface area (Å²) in [6, 6.07) is 11.1. The molecule has 1 aromatic rings. The van der Waals surface area contributed by atoms with Crippen LogP contribution < -0.4 is 10.2 Å². The first kappa shape index (κ1) is 16.7. The number of rotatable bonds is 3. The Kier molecular flexibility index (Phi) is 5.47. The average Bonchev–Trinajstić information content (AvgIpc) is 2.56. The maximum atomic E-state index is 9.07. The van der Waals surface area contributed by atoms with E-state index >= 15 is 0 Å². The largest absolute Gasteiger partial charge is 0.368 e. The molecule has 1 heterocycles. The lowest BCUT2D eigenvalue weighted by Gasteiger charge is -2.36. The van der Waals surface area contributed by atoms with Crippen molar-refractivity contribution in [2.24, 2.45) is 0 Å². The van der Waals surface area contributed by atoms with Crippen LogP contribution in [0, 0.1) is 34.0 Å². The van der Waals surface area contributed by atoms with Crippen molar-refractivity contribution in [2.45, 2.75) is 32.2 Å². The summed E-state index contributed by atoms with van der Waals surface area (Å²) in [5, 5.41) is 30.1. The monoisotopic (exact) mass is 325 g/mol. The van der Waals surface area contributed by atoms with Gasteiger partial charge in [0.2, 0.25) is 0 Å². The van der Waals surface area contributed by atoms with Crippen LogP contribution in [0.15, 0.2) is 29.5 Å². The number of nitrogens with zero attached hydrogens (tertiary/aromatic N) is 4. The second-order valence-electron chi connectivity index (χ2n) is 5.41. The third-order valence-electron chi connectivity index (χ3n) is 3.91. The molecule has 6 heteroatoms. The number of hydrogen-bond donors (Lipinski definition) is 1. The van der Waals surface area contributed by atoms with Gasteiger partial charge in [-0.25, -0.2) is 0 Å². The summed E-state index contributed by atoms with van der Waals surface area (Å²) in [5.41, 5.74) is 1.21. The number of nitrogens with one attached hydrogen (secondary N) is 1. The molecule has 116 valence electrons. The Morgan fingerprint density at radius 1 is 1.22 bits per heavy atom. The molecule has 1 N–H and O–H groups in total. The van der Waals surface area contributed by atoms with E-state index in [1.54, 1.807) is 24.3 Å². The molecular weight excluding hydrogens is 310 g/mol. The second-order valence-corrected chi connectivity index (χ2v) is 5.82. The van der Waals surface area contributed by atoms with Crippen LogP contribution in [0.25, 0.3) is 0 Å². The van der Waals surface area contributed by atoms with Gasteiger partial charge in [-0.3, -0.25) is 0 Å². The van der Waals surface area contributed by atoms with Gasteiger partial charge < -0.3 is 10.2 Å². The number of halogens is 1. The molecule has 2 rings (SSSR count). The maximum Gasteiger partial charge on any atom is 0.163 e. The predicted octanol–water partition coefficient (Wildman–Crippen LogP) is 3.96. The minimum Gasteiger partial charge on any atom is -0.368 e. The van der Waals surface area contributed by atoms with Gasteiger partial charge in [0.1, 0.15) is 23.9 Å². The van der Waals surface area contributed by atoms with Crippen molar-refractivity contribution in [3.05, 3.63) is 34.5 Å². The fourth-order valence-electron chi connectivity index (χ4n) is 2.70. The zero-order valence-electron chi connectivity index (χ0n) is 12.8. The van der Waals surface area contributed by atoms with Gasteiger partial charge in [-0.1, -0.05) is 11.6 Å². The molecule has 0 bridgehead atoms. The Hall–Kier alpha value is -2.68. The van der Waals surface area contributed by atoms with E-state index in [4.69, 9.17) is 27.4 Å². The third kappa shape index (κ3) is 3.75. The van der Waals surface area contributed by atoms with Crippen LogP contribution in [0.4, 0.5) is 11.4 Å². The SMILES string of the molecule is CC1CCCCN1c1ccc(NC(C#N)=C(C#N)C#N)cc1Cl. The van der Waals surface area contributed by atoms with Gasteiger partial charge in [0.05, 0.1) is 10.7 Å². The number of anilines is 2. The molecule has 23 heavy (non-hydrogen) atoms. The second kappa shape index (κ2) is 7.54. The summed E-state index contributed by atoms with van der Waals surface area (Å²) in [5.74, 6) is 0. The Morgan fingerprint density at radius 2 is 1.96 bits per heavy atom. The van der Waals surface area contributed by atoms with Crippen molar-refractivity contribution in [1.82, 2.24) is 0 Å². The summed E-state index contributed by atoms with van der Waals surface area (Å²) >= 11 is 6.39. The van der Waals surface area contributed by atoms with Gasteiger partial charge in [-0.05, 0) is 44.4 Å². The quantitative estimate of drug-likeness (QED) is 0.850. The van der Waals surface area contributed by atoms with E-state index in [1.807, 2.05) is 12.1 Å². The highest BCUT2D eigenvalue weighted by Gasteiger charge is 2.20. The van der Waals surface area contributed by atoms with E-state index in [9.17, 15) is 0 Å². The first-order valence-electron chi connectivity index (χ1n) is 7.38. The summed E-state index contributed by atoms with van der Waals surface area (Å²) in [6.07, 6.45) is 3.53. The number of hydrogen-bond acceptors (Lipinski definition) is 5. The molecule has 1 aliphatic heterocycles. The molecule has 5 nitrogen and oxygen atoms in total. The highest BCUT2D eigenvalue weighted by Crippen LogP contribution is 2.33. The van der Waals surface area contributed by atoms with Crippen molar-refractivity contribution in [1.29, 1.82) is 15.8 Å². The standard InChI is InChI=1S/C17H16ClN5/c1-12-4-2-3-7-23(12)17-6-5-14(8-15(17)18)22-16(11-21)13(9-19)10-20/h5-6,8,12,22H,2-4,7H2,1H3. The molecule has 1 aromatic carbocycles. The summed E-state index contributed by atoms with van der Waals surface area (Å²) < 4.78 is 0. The molecule has 1 atom stereocenters. The van der Waals surface area contributed by atoms with Crippen LogP contribution in [-0.4, -0.2) is 12.6 Å². The summed E-state index contributed by atoms with van der Waals surface area (Å²) in [4.78, 5) is 2.28. The van der Waals surface area contributed by atoms with E-state index in [0.717, 1.165) is 25.1 Å². The molecule has 1 fully saturated rings. The van der Waals surface area contributed by atoms with Crippen LogP contribution in [-0.2, 0) is 0 Å². The Bertz CT molecular complexity index is 732. The summed E-state index contributed by atoms with van der Waals surface area (Å²) in [7, 11) is 0. The van der Waals surface area contributed by atoms with Crippen LogP contribution in [0.3, 0.4) is 0 Å². The van der Waals surface area contributed by atoms with Crippen molar-refractivity contribution in [3.63, 3.8) is 0 Å². The van der Waals surface area contributed by atoms with Gasteiger partial charge in [-0.2, -0.15) is 15.8 Å². The maximum absolute atomic E-state index is 9.07. The zero-order chi connectivity index (χ0) is 16.8. The van der Waals surface area contributed by atoms with E-state index in [1.165, 1.54) is 6.42 Å². The number of allylic oxidation sites excluding steroid dienone is 2. The van der Waals surface area contributed by atoms with Crippen LogP contribution in [0.5, 0.6) is 0 Å². The number of benzene rings is 1. The van der Waals surface area contributed by atoms with Gasteiger partial charge in [0.15, 0.2) is 5.57 Å². The first-order valence-corrected chi connectivity index (χ1v) is 7.76. The Morgan fingerprint density at radius 3 is 2.52 bits per heavy atom. The minimum atomic E-state index is -0.252. The molecule has 0 aliphatic carbocycles. The average molecular weight is 326 g/mol. The molecule has 1 aliphatic rings. The smallest absolute Gasteiger partial charge is 0.163 e. The van der Waals surface area contributed by atoms with Gasteiger partial charge in [0.25, 0.3) is 0 Å².